The van der Waals surface area contributed by atoms with Crippen LogP contribution in [-0.2, 0) is 6.61 Å². The lowest BCUT2D eigenvalue weighted by Crippen LogP contribution is -1.95. The predicted molar refractivity (Wildman–Crippen MR) is 68.8 cm³/mol. The highest BCUT2D eigenvalue weighted by Crippen LogP contribution is 2.29. The second kappa shape index (κ2) is 4.72. The van der Waals surface area contributed by atoms with Crippen molar-refractivity contribution in [1.29, 1.82) is 0 Å². The molecule has 0 bridgehead atoms. The van der Waals surface area contributed by atoms with Crippen molar-refractivity contribution in [3.8, 4) is 11.3 Å². The van der Waals surface area contributed by atoms with Crippen LogP contribution in [0.15, 0.2) is 24.3 Å². The van der Waals surface area contributed by atoms with E-state index in [1.807, 2.05) is 31.2 Å². The first kappa shape index (κ1) is 11.9. The summed E-state index contributed by atoms with van der Waals surface area (Å²) >= 11 is 0. The molecule has 0 atom stereocenters. The molecule has 3 nitrogen and oxygen atoms in total. The maximum Gasteiger partial charge on any atom is 0.103 e. The molecule has 2 N–H and O–H groups in total. The summed E-state index contributed by atoms with van der Waals surface area (Å²) in [6, 6.07) is 7.85. The van der Waals surface area contributed by atoms with E-state index in [-0.39, 0.29) is 6.61 Å². The molecule has 90 valence electrons. The molecule has 1 aromatic heterocycles. The van der Waals surface area contributed by atoms with E-state index in [2.05, 4.69) is 23.8 Å². The van der Waals surface area contributed by atoms with Crippen LogP contribution in [0.1, 0.15) is 36.8 Å². The molecular formula is C14H18N2O. The average Bonchev–Trinajstić information content (AvgIpc) is 2.71. The fraction of sp³-hybridized carbons (Fsp3) is 0.357. The lowest BCUT2D eigenvalue weighted by Gasteiger charge is -2.09. The number of nitrogens with zero attached hydrogens (tertiary/aromatic N) is 1. The molecule has 17 heavy (non-hydrogen) atoms. The van der Waals surface area contributed by atoms with Crippen LogP contribution in [0.2, 0.25) is 0 Å². The van der Waals surface area contributed by atoms with Gasteiger partial charge in [0.1, 0.15) is 5.82 Å². The SMILES string of the molecule is Cc1nc(-c2ccccc2CO)c(C(C)C)[nH]1. The van der Waals surface area contributed by atoms with E-state index in [1.54, 1.807) is 0 Å². The summed E-state index contributed by atoms with van der Waals surface area (Å²) in [7, 11) is 0. The molecule has 0 radical (unpaired) electrons. The highest BCUT2D eigenvalue weighted by Gasteiger charge is 2.15. The van der Waals surface area contributed by atoms with Crippen LogP contribution in [0.25, 0.3) is 11.3 Å². The molecule has 2 rings (SSSR count). The number of benzene rings is 1. The van der Waals surface area contributed by atoms with E-state index in [0.29, 0.717) is 5.92 Å². The van der Waals surface area contributed by atoms with Crippen LogP contribution in [0.3, 0.4) is 0 Å². The van der Waals surface area contributed by atoms with Crippen molar-refractivity contribution >= 4 is 0 Å². The topological polar surface area (TPSA) is 48.9 Å². The first-order valence-corrected chi connectivity index (χ1v) is 5.89. The highest BCUT2D eigenvalue weighted by atomic mass is 16.3. The summed E-state index contributed by atoms with van der Waals surface area (Å²) in [5.74, 6) is 1.30. The zero-order valence-electron chi connectivity index (χ0n) is 10.5. The Morgan fingerprint density at radius 2 is 2.00 bits per heavy atom. The van der Waals surface area contributed by atoms with E-state index < -0.39 is 0 Å². The Morgan fingerprint density at radius 3 is 2.65 bits per heavy atom. The van der Waals surface area contributed by atoms with Gasteiger partial charge in [0.05, 0.1) is 12.3 Å². The fourth-order valence-electron chi connectivity index (χ4n) is 2.02. The normalized spacial score (nSPS) is 11.1. The number of aromatic nitrogens is 2. The summed E-state index contributed by atoms with van der Waals surface area (Å²) in [5.41, 5.74) is 4.02. The van der Waals surface area contributed by atoms with Gasteiger partial charge in [0.15, 0.2) is 0 Å². The molecule has 0 fully saturated rings. The summed E-state index contributed by atoms with van der Waals surface area (Å²) in [5, 5.41) is 9.38. The number of aliphatic hydroxyl groups is 1. The van der Waals surface area contributed by atoms with Crippen LogP contribution in [0.5, 0.6) is 0 Å². The summed E-state index contributed by atoms with van der Waals surface area (Å²) in [4.78, 5) is 7.85. The van der Waals surface area contributed by atoms with Crippen LogP contribution in [0, 0.1) is 6.92 Å². The number of aromatic amines is 1. The van der Waals surface area contributed by atoms with Gasteiger partial charge in [-0.15, -0.1) is 0 Å². The Labute approximate surface area is 102 Å². The van der Waals surface area contributed by atoms with Gasteiger partial charge in [0, 0.05) is 11.3 Å². The van der Waals surface area contributed by atoms with Gasteiger partial charge in [-0.2, -0.15) is 0 Å². The third kappa shape index (κ3) is 2.24. The molecule has 0 saturated heterocycles. The Balaban J connectivity index is 2.59. The second-order valence-electron chi connectivity index (χ2n) is 4.55. The van der Waals surface area contributed by atoms with Crippen molar-refractivity contribution in [3.05, 3.63) is 41.3 Å². The average molecular weight is 230 g/mol. The molecule has 0 aliphatic carbocycles. The van der Waals surface area contributed by atoms with E-state index in [9.17, 15) is 5.11 Å². The zero-order valence-corrected chi connectivity index (χ0v) is 10.5. The number of aryl methyl sites for hydroxylation is 1. The predicted octanol–water partition coefficient (Wildman–Crippen LogP) is 3.00. The molecule has 3 heteroatoms. The Kier molecular flexibility index (Phi) is 3.29. The molecule has 0 aliphatic heterocycles. The van der Waals surface area contributed by atoms with E-state index in [0.717, 1.165) is 28.3 Å². The maximum atomic E-state index is 9.38. The fourth-order valence-corrected chi connectivity index (χ4v) is 2.02. The van der Waals surface area contributed by atoms with Gasteiger partial charge >= 0.3 is 0 Å². The number of hydrogen-bond acceptors (Lipinski definition) is 2. The minimum absolute atomic E-state index is 0.0413. The second-order valence-corrected chi connectivity index (χ2v) is 4.55. The number of rotatable bonds is 3. The summed E-state index contributed by atoms with van der Waals surface area (Å²) in [6.45, 7) is 6.27. The van der Waals surface area contributed by atoms with Crippen molar-refractivity contribution in [2.24, 2.45) is 0 Å². The van der Waals surface area contributed by atoms with Crippen LogP contribution >= 0.6 is 0 Å². The van der Waals surface area contributed by atoms with Gasteiger partial charge in [-0.1, -0.05) is 38.1 Å². The third-order valence-corrected chi connectivity index (χ3v) is 2.87. The van der Waals surface area contributed by atoms with E-state index in [4.69, 9.17) is 0 Å². The number of nitrogens with one attached hydrogen (secondary N) is 1. The number of H-pyrrole nitrogens is 1. The Hall–Kier alpha value is -1.61. The van der Waals surface area contributed by atoms with Gasteiger partial charge in [0.25, 0.3) is 0 Å². The quantitative estimate of drug-likeness (QED) is 0.851. The van der Waals surface area contributed by atoms with Crippen LogP contribution in [0.4, 0.5) is 0 Å². The van der Waals surface area contributed by atoms with Gasteiger partial charge in [0.2, 0.25) is 0 Å². The van der Waals surface area contributed by atoms with Crippen molar-refractivity contribution in [2.45, 2.75) is 33.3 Å². The molecule has 2 aromatic rings. The number of imidazole rings is 1. The van der Waals surface area contributed by atoms with E-state index in [1.165, 1.54) is 0 Å². The molecule has 0 unspecified atom stereocenters. The molecule has 1 aromatic carbocycles. The summed E-state index contributed by atoms with van der Waals surface area (Å²) in [6.07, 6.45) is 0. The number of hydrogen-bond donors (Lipinski definition) is 2. The Bertz CT molecular complexity index is 515. The van der Waals surface area contributed by atoms with E-state index >= 15 is 0 Å². The first-order chi connectivity index (χ1) is 8.13. The monoisotopic (exact) mass is 230 g/mol. The standard InChI is InChI=1S/C14H18N2O/c1-9(2)13-14(16-10(3)15-13)12-7-5-4-6-11(12)8-17/h4-7,9,17H,8H2,1-3H3,(H,15,16). The summed E-state index contributed by atoms with van der Waals surface area (Å²) < 4.78 is 0. The molecule has 0 saturated carbocycles. The lowest BCUT2D eigenvalue weighted by molar-refractivity contribution is 0.282. The number of aliphatic hydroxyl groups excluding tert-OH is 1. The highest BCUT2D eigenvalue weighted by molar-refractivity contribution is 5.66. The minimum Gasteiger partial charge on any atom is -0.392 e. The Morgan fingerprint density at radius 1 is 1.29 bits per heavy atom. The van der Waals surface area contributed by atoms with Crippen molar-refractivity contribution in [2.75, 3.05) is 0 Å². The van der Waals surface area contributed by atoms with Crippen molar-refractivity contribution < 1.29 is 5.11 Å². The third-order valence-electron chi connectivity index (χ3n) is 2.87. The van der Waals surface area contributed by atoms with Crippen LogP contribution in [-0.4, -0.2) is 15.1 Å². The molecule has 0 amide bonds. The lowest BCUT2D eigenvalue weighted by atomic mass is 9.99. The van der Waals surface area contributed by atoms with Crippen molar-refractivity contribution in [1.82, 2.24) is 9.97 Å². The minimum atomic E-state index is 0.0413. The first-order valence-electron chi connectivity index (χ1n) is 5.89. The smallest absolute Gasteiger partial charge is 0.103 e. The largest absolute Gasteiger partial charge is 0.392 e. The van der Waals surface area contributed by atoms with Crippen molar-refractivity contribution in [3.63, 3.8) is 0 Å². The van der Waals surface area contributed by atoms with Gasteiger partial charge in [-0.05, 0) is 18.4 Å². The molecular weight excluding hydrogens is 212 g/mol. The van der Waals surface area contributed by atoms with Gasteiger partial charge in [-0.3, -0.25) is 0 Å². The van der Waals surface area contributed by atoms with Gasteiger partial charge in [-0.25, -0.2) is 4.98 Å². The maximum absolute atomic E-state index is 9.38. The van der Waals surface area contributed by atoms with Gasteiger partial charge < -0.3 is 10.1 Å². The molecule has 0 spiro atoms. The molecule has 1 heterocycles. The zero-order chi connectivity index (χ0) is 12.4. The molecule has 0 aliphatic rings. The van der Waals surface area contributed by atoms with Crippen LogP contribution < -0.4 is 0 Å².